The second-order valence-corrected chi connectivity index (χ2v) is 7.10. The maximum atomic E-state index is 13.0. The van der Waals surface area contributed by atoms with Crippen LogP contribution >= 0.6 is 11.5 Å². The van der Waals surface area contributed by atoms with Gasteiger partial charge in [-0.2, -0.15) is 4.37 Å². The fourth-order valence-corrected chi connectivity index (χ4v) is 3.74. The number of benzene rings is 1. The molecule has 1 aromatic carbocycles. The van der Waals surface area contributed by atoms with E-state index in [9.17, 15) is 9.18 Å². The quantitative estimate of drug-likeness (QED) is 0.749. The molecule has 0 saturated carbocycles. The van der Waals surface area contributed by atoms with Gasteiger partial charge in [0.1, 0.15) is 11.6 Å². The lowest BCUT2D eigenvalue weighted by Crippen LogP contribution is -2.43. The summed E-state index contributed by atoms with van der Waals surface area (Å²) in [5.74, 6) is 0.514. The number of amides is 1. The van der Waals surface area contributed by atoms with Crippen molar-refractivity contribution in [2.45, 2.75) is 19.3 Å². The van der Waals surface area contributed by atoms with Gasteiger partial charge in [0.25, 0.3) is 0 Å². The third-order valence-electron chi connectivity index (χ3n) is 4.40. The zero-order valence-corrected chi connectivity index (χ0v) is 15.6. The highest BCUT2D eigenvalue weighted by Crippen LogP contribution is 2.25. The number of nitrogens with one attached hydrogen (secondary N) is 1. The molecule has 1 fully saturated rings. The van der Waals surface area contributed by atoms with Crippen LogP contribution in [0.4, 0.5) is 9.52 Å². The smallest absolute Gasteiger partial charge is 0.224 e. The Labute approximate surface area is 156 Å². The lowest BCUT2D eigenvalue weighted by Gasteiger charge is -2.31. The summed E-state index contributed by atoms with van der Waals surface area (Å²) in [6.07, 6.45) is 2.41. The minimum absolute atomic E-state index is 0.0370. The molecule has 1 atom stereocenters. The molecule has 2 aromatic rings. The highest BCUT2D eigenvalue weighted by atomic mass is 32.1. The molecule has 26 heavy (non-hydrogen) atoms. The predicted octanol–water partition coefficient (Wildman–Crippen LogP) is 2.25. The van der Waals surface area contributed by atoms with Crippen molar-refractivity contribution in [3.8, 4) is 0 Å². The fraction of sp³-hybridized carbons (Fsp3) is 0.500. The number of carbonyl (C=O) groups excluding carboxylic acids is 1. The molecule has 140 valence electrons. The number of anilines is 1. The zero-order valence-electron chi connectivity index (χ0n) is 14.8. The first kappa shape index (κ1) is 18.7. The van der Waals surface area contributed by atoms with Crippen molar-refractivity contribution in [2.24, 2.45) is 5.92 Å². The molecule has 1 aliphatic heterocycles. The van der Waals surface area contributed by atoms with Gasteiger partial charge >= 0.3 is 0 Å². The summed E-state index contributed by atoms with van der Waals surface area (Å²) in [4.78, 5) is 19.0. The molecule has 0 spiro atoms. The van der Waals surface area contributed by atoms with Crippen LogP contribution in [0, 0.1) is 11.7 Å². The van der Waals surface area contributed by atoms with Crippen molar-refractivity contribution >= 4 is 22.6 Å². The molecule has 0 radical (unpaired) electrons. The van der Waals surface area contributed by atoms with Crippen LogP contribution in [0.1, 0.15) is 24.2 Å². The summed E-state index contributed by atoms with van der Waals surface area (Å²) in [6, 6.07) is 6.38. The molecular weight excluding hydrogens is 355 g/mol. The van der Waals surface area contributed by atoms with Crippen molar-refractivity contribution in [1.82, 2.24) is 14.7 Å². The zero-order chi connectivity index (χ0) is 18.4. The maximum absolute atomic E-state index is 13.0. The molecule has 6 nitrogen and oxygen atoms in total. The molecule has 0 bridgehead atoms. The first-order chi connectivity index (χ1) is 12.7. The van der Waals surface area contributed by atoms with Gasteiger partial charge in [-0.25, -0.2) is 9.37 Å². The van der Waals surface area contributed by atoms with Gasteiger partial charge in [0.05, 0.1) is 12.5 Å². The van der Waals surface area contributed by atoms with E-state index in [0.717, 1.165) is 35.9 Å². The van der Waals surface area contributed by atoms with E-state index >= 15 is 0 Å². The lowest BCUT2D eigenvalue weighted by molar-refractivity contribution is -0.125. The highest BCUT2D eigenvalue weighted by Gasteiger charge is 2.27. The molecule has 1 aromatic heterocycles. The molecule has 1 unspecified atom stereocenters. The number of hydrogen-bond donors (Lipinski definition) is 1. The van der Waals surface area contributed by atoms with Gasteiger partial charge in [-0.05, 0) is 30.5 Å². The van der Waals surface area contributed by atoms with Gasteiger partial charge in [-0.1, -0.05) is 12.1 Å². The second-order valence-electron chi connectivity index (χ2n) is 6.37. The van der Waals surface area contributed by atoms with Crippen molar-refractivity contribution in [3.05, 3.63) is 41.5 Å². The van der Waals surface area contributed by atoms with Crippen molar-refractivity contribution < 1.29 is 13.9 Å². The maximum Gasteiger partial charge on any atom is 0.224 e. The summed E-state index contributed by atoms with van der Waals surface area (Å²) in [5.41, 5.74) is 0.977. The van der Waals surface area contributed by atoms with E-state index in [1.165, 1.54) is 23.7 Å². The second kappa shape index (κ2) is 9.05. The molecule has 1 amide bonds. The van der Waals surface area contributed by atoms with Gasteiger partial charge in [0.15, 0.2) is 0 Å². The number of halogens is 1. The molecule has 1 saturated heterocycles. The van der Waals surface area contributed by atoms with E-state index in [1.54, 1.807) is 19.2 Å². The average molecular weight is 378 g/mol. The monoisotopic (exact) mass is 378 g/mol. The SMILES string of the molecule is COCCNC(=O)C1CCCN(c2nc(Cc3ccc(F)cc3)ns2)C1. The number of hydrogen-bond acceptors (Lipinski definition) is 6. The number of carbonyl (C=O) groups is 1. The van der Waals surface area contributed by atoms with Gasteiger partial charge < -0.3 is 15.0 Å². The molecule has 1 N–H and O–H groups in total. The summed E-state index contributed by atoms with van der Waals surface area (Å²) < 4.78 is 22.4. The summed E-state index contributed by atoms with van der Waals surface area (Å²) in [7, 11) is 1.62. The van der Waals surface area contributed by atoms with Crippen LogP contribution in [0.3, 0.4) is 0 Å². The lowest BCUT2D eigenvalue weighted by atomic mass is 9.97. The molecule has 1 aliphatic rings. The van der Waals surface area contributed by atoms with Crippen LogP contribution in [0.5, 0.6) is 0 Å². The van der Waals surface area contributed by atoms with E-state index in [0.29, 0.717) is 26.1 Å². The van der Waals surface area contributed by atoms with Crippen molar-refractivity contribution in [2.75, 3.05) is 38.3 Å². The molecular formula is C18H23FN4O2S. The molecule has 3 rings (SSSR count). The van der Waals surface area contributed by atoms with Crippen molar-refractivity contribution in [3.63, 3.8) is 0 Å². The topological polar surface area (TPSA) is 67.3 Å². The van der Waals surface area contributed by atoms with Gasteiger partial charge in [0.2, 0.25) is 11.0 Å². The van der Waals surface area contributed by atoms with Crippen LogP contribution in [-0.4, -0.2) is 48.6 Å². The molecule has 0 aliphatic carbocycles. The summed E-state index contributed by atoms with van der Waals surface area (Å²) in [5, 5.41) is 3.76. The Balaban J connectivity index is 1.57. The largest absolute Gasteiger partial charge is 0.383 e. The van der Waals surface area contributed by atoms with E-state index < -0.39 is 0 Å². The van der Waals surface area contributed by atoms with E-state index in [2.05, 4.69) is 19.6 Å². The van der Waals surface area contributed by atoms with Crippen LogP contribution in [0.2, 0.25) is 0 Å². The number of nitrogens with zero attached hydrogens (tertiary/aromatic N) is 3. The minimum Gasteiger partial charge on any atom is -0.383 e. The first-order valence-corrected chi connectivity index (χ1v) is 9.51. The Morgan fingerprint density at radius 3 is 3.00 bits per heavy atom. The van der Waals surface area contributed by atoms with Crippen LogP contribution < -0.4 is 10.2 Å². The molecule has 2 heterocycles. The van der Waals surface area contributed by atoms with Gasteiger partial charge in [-0.15, -0.1) is 0 Å². The third kappa shape index (κ3) is 4.98. The standard InChI is InChI=1S/C18H23FN4O2S/c1-25-10-8-20-17(24)14-3-2-9-23(12-14)18-21-16(22-26-18)11-13-4-6-15(19)7-5-13/h4-7,14H,2-3,8-12H2,1H3,(H,20,24). The Morgan fingerprint density at radius 1 is 1.42 bits per heavy atom. The van der Waals surface area contributed by atoms with Gasteiger partial charge in [0, 0.05) is 44.7 Å². The number of rotatable bonds is 7. The Kier molecular flexibility index (Phi) is 6.51. The van der Waals surface area contributed by atoms with Crippen LogP contribution in [0.15, 0.2) is 24.3 Å². The normalized spacial score (nSPS) is 17.3. The van der Waals surface area contributed by atoms with Gasteiger partial charge in [-0.3, -0.25) is 4.79 Å². The average Bonchev–Trinajstić information content (AvgIpc) is 3.12. The Hall–Kier alpha value is -2.06. The first-order valence-electron chi connectivity index (χ1n) is 8.74. The Bertz CT molecular complexity index is 722. The highest BCUT2D eigenvalue weighted by molar-refractivity contribution is 7.09. The number of ether oxygens (including phenoxy) is 1. The predicted molar refractivity (Wildman–Crippen MR) is 98.9 cm³/mol. The van der Waals surface area contributed by atoms with Crippen LogP contribution in [-0.2, 0) is 16.0 Å². The summed E-state index contributed by atoms with van der Waals surface area (Å²) >= 11 is 1.35. The van der Waals surface area contributed by atoms with E-state index in [1.807, 2.05) is 0 Å². The Morgan fingerprint density at radius 2 is 2.23 bits per heavy atom. The van der Waals surface area contributed by atoms with E-state index in [4.69, 9.17) is 4.74 Å². The third-order valence-corrected chi connectivity index (χ3v) is 5.22. The number of methoxy groups -OCH3 is 1. The number of piperidine rings is 1. The van der Waals surface area contributed by atoms with E-state index in [-0.39, 0.29) is 17.6 Å². The minimum atomic E-state index is -0.246. The summed E-state index contributed by atoms with van der Waals surface area (Å²) in [6.45, 7) is 2.59. The molecule has 8 heteroatoms. The van der Waals surface area contributed by atoms with Crippen LogP contribution in [0.25, 0.3) is 0 Å². The number of aromatic nitrogens is 2. The fourth-order valence-electron chi connectivity index (χ4n) is 3.02. The van der Waals surface area contributed by atoms with Crippen molar-refractivity contribution in [1.29, 1.82) is 0 Å².